The van der Waals surface area contributed by atoms with Gasteiger partial charge in [0.15, 0.2) is 6.23 Å². The summed E-state index contributed by atoms with van der Waals surface area (Å²) in [5.41, 5.74) is 7.76. The highest BCUT2D eigenvalue weighted by molar-refractivity contribution is 5.84. The molecule has 1 aliphatic rings. The van der Waals surface area contributed by atoms with Crippen molar-refractivity contribution in [3.63, 3.8) is 0 Å². The highest BCUT2D eigenvalue weighted by atomic mass is 16.6. The van der Waals surface area contributed by atoms with Gasteiger partial charge in [0.2, 0.25) is 0 Å². The zero-order valence-corrected chi connectivity index (χ0v) is 13.5. The Morgan fingerprint density at radius 2 is 1.88 bits per heavy atom. The van der Waals surface area contributed by atoms with Crippen LogP contribution in [0.2, 0.25) is 0 Å². The third-order valence-electron chi connectivity index (χ3n) is 4.51. The average Bonchev–Trinajstić information content (AvgIpc) is 2.91. The van der Waals surface area contributed by atoms with E-state index >= 15 is 0 Å². The maximum absolute atomic E-state index is 10.4. The lowest BCUT2D eigenvalue weighted by Gasteiger charge is -2.40. The third-order valence-corrected chi connectivity index (χ3v) is 4.51. The van der Waals surface area contributed by atoms with Crippen LogP contribution in [-0.4, -0.2) is 62.1 Å². The fraction of sp³-hybridized carbons (Fsp3) is 0.529. The van der Waals surface area contributed by atoms with Crippen molar-refractivity contribution in [2.24, 2.45) is 5.73 Å². The standard InChI is InChI=1S/C17H24N2O5/c1-9(18)6-10-7-19(12-5-3-2-4-11(10)12)17-16(23)15(22)14(21)13(8-20)24-17/h2-5,7,9,13-17,20-23H,6,8,18H2,1H3/t9?,13-,14-,15+,16+,17+/m1/s1. The van der Waals surface area contributed by atoms with Crippen LogP contribution in [0, 0.1) is 0 Å². The van der Waals surface area contributed by atoms with Gasteiger partial charge in [0.1, 0.15) is 24.4 Å². The van der Waals surface area contributed by atoms with Gasteiger partial charge in [-0.05, 0) is 25.0 Å². The SMILES string of the molecule is CC(N)Cc1cn([C@H]2O[C@H](CO)[C@@H](O)[C@H](O)[C@@H]2O)c2ccccc12. The first-order valence-electron chi connectivity index (χ1n) is 8.08. The Balaban J connectivity index is 2.05. The Kier molecular flexibility index (Phi) is 4.91. The van der Waals surface area contributed by atoms with Crippen molar-refractivity contribution in [3.05, 3.63) is 36.0 Å². The number of benzene rings is 1. The Morgan fingerprint density at radius 3 is 2.54 bits per heavy atom. The first kappa shape index (κ1) is 17.3. The molecule has 24 heavy (non-hydrogen) atoms. The van der Waals surface area contributed by atoms with Crippen molar-refractivity contribution in [3.8, 4) is 0 Å². The van der Waals surface area contributed by atoms with Crippen LogP contribution in [0.4, 0.5) is 0 Å². The largest absolute Gasteiger partial charge is 0.394 e. The van der Waals surface area contributed by atoms with Gasteiger partial charge in [-0.15, -0.1) is 0 Å². The van der Waals surface area contributed by atoms with Gasteiger partial charge in [-0.2, -0.15) is 0 Å². The van der Waals surface area contributed by atoms with Crippen LogP contribution in [0.3, 0.4) is 0 Å². The number of hydrogen-bond donors (Lipinski definition) is 5. The molecule has 0 saturated carbocycles. The Morgan fingerprint density at radius 1 is 1.17 bits per heavy atom. The van der Waals surface area contributed by atoms with Gasteiger partial charge in [-0.1, -0.05) is 18.2 Å². The number of aliphatic hydroxyl groups is 4. The summed E-state index contributed by atoms with van der Waals surface area (Å²) in [6, 6.07) is 7.62. The molecule has 1 aliphatic heterocycles. The van der Waals surface area contributed by atoms with E-state index in [0.717, 1.165) is 16.5 Å². The van der Waals surface area contributed by atoms with E-state index in [0.29, 0.717) is 6.42 Å². The molecular formula is C17H24N2O5. The predicted molar refractivity (Wildman–Crippen MR) is 88.3 cm³/mol. The normalized spacial score (nSPS) is 32.2. The van der Waals surface area contributed by atoms with Crippen LogP contribution in [-0.2, 0) is 11.2 Å². The van der Waals surface area contributed by atoms with Crippen LogP contribution < -0.4 is 5.73 Å². The lowest BCUT2D eigenvalue weighted by Crippen LogP contribution is -2.56. The molecular weight excluding hydrogens is 312 g/mol. The monoisotopic (exact) mass is 336 g/mol. The molecule has 0 aliphatic carbocycles. The average molecular weight is 336 g/mol. The summed E-state index contributed by atoms with van der Waals surface area (Å²) in [5.74, 6) is 0. The van der Waals surface area contributed by atoms with Gasteiger partial charge in [-0.3, -0.25) is 0 Å². The number of nitrogens with two attached hydrogens (primary N) is 1. The number of fused-ring (bicyclic) bond motifs is 1. The van der Waals surface area contributed by atoms with Crippen molar-refractivity contribution in [1.82, 2.24) is 4.57 Å². The molecule has 0 bridgehead atoms. The summed E-state index contributed by atoms with van der Waals surface area (Å²) in [6.45, 7) is 1.47. The molecule has 6 N–H and O–H groups in total. The van der Waals surface area contributed by atoms with Crippen molar-refractivity contribution in [2.75, 3.05) is 6.61 Å². The Labute approximate surface area is 139 Å². The summed E-state index contributed by atoms with van der Waals surface area (Å²) in [6.07, 6.45) is -3.43. The second-order valence-corrected chi connectivity index (χ2v) is 6.48. The van der Waals surface area contributed by atoms with Crippen molar-refractivity contribution in [1.29, 1.82) is 0 Å². The molecule has 0 amide bonds. The minimum Gasteiger partial charge on any atom is -0.394 e. The first-order valence-corrected chi connectivity index (χ1v) is 8.08. The maximum atomic E-state index is 10.4. The van der Waals surface area contributed by atoms with Crippen molar-refractivity contribution in [2.45, 2.75) is 50.0 Å². The van der Waals surface area contributed by atoms with E-state index in [4.69, 9.17) is 10.5 Å². The number of para-hydroxylation sites is 1. The van der Waals surface area contributed by atoms with Crippen molar-refractivity contribution >= 4 is 10.9 Å². The van der Waals surface area contributed by atoms with Gasteiger partial charge >= 0.3 is 0 Å². The van der Waals surface area contributed by atoms with Gasteiger partial charge in [0, 0.05) is 17.6 Å². The quantitative estimate of drug-likeness (QED) is 0.513. The molecule has 2 aromatic rings. The van der Waals surface area contributed by atoms with Gasteiger partial charge < -0.3 is 35.5 Å². The smallest absolute Gasteiger partial charge is 0.163 e. The van der Waals surface area contributed by atoms with Gasteiger partial charge in [0.25, 0.3) is 0 Å². The Bertz CT molecular complexity index is 699. The number of ether oxygens (including phenoxy) is 1. The van der Waals surface area contributed by atoms with Crippen LogP contribution in [0.15, 0.2) is 30.5 Å². The fourth-order valence-electron chi connectivity index (χ4n) is 3.31. The third kappa shape index (κ3) is 2.95. The van der Waals surface area contributed by atoms with Crippen molar-refractivity contribution < 1.29 is 25.2 Å². The van der Waals surface area contributed by atoms with Crippen LogP contribution in [0.25, 0.3) is 10.9 Å². The van der Waals surface area contributed by atoms with Gasteiger partial charge in [-0.25, -0.2) is 0 Å². The fourth-order valence-corrected chi connectivity index (χ4v) is 3.31. The minimum absolute atomic E-state index is 0.0287. The first-order chi connectivity index (χ1) is 11.4. The molecule has 1 aromatic heterocycles. The molecule has 3 rings (SSSR count). The minimum atomic E-state index is -1.40. The van der Waals surface area contributed by atoms with E-state index in [1.54, 1.807) is 4.57 Å². The highest BCUT2D eigenvalue weighted by Crippen LogP contribution is 2.33. The zero-order valence-electron chi connectivity index (χ0n) is 13.5. The number of hydrogen-bond acceptors (Lipinski definition) is 6. The van der Waals surface area contributed by atoms with E-state index in [1.807, 2.05) is 37.4 Å². The summed E-state index contributed by atoms with van der Waals surface area (Å²) in [4.78, 5) is 0. The lowest BCUT2D eigenvalue weighted by atomic mass is 9.98. The van der Waals surface area contributed by atoms with E-state index in [9.17, 15) is 20.4 Å². The topological polar surface area (TPSA) is 121 Å². The maximum Gasteiger partial charge on any atom is 0.163 e. The highest BCUT2D eigenvalue weighted by Gasteiger charge is 2.44. The molecule has 1 unspecified atom stereocenters. The molecule has 7 heteroatoms. The number of aromatic nitrogens is 1. The number of rotatable bonds is 4. The van der Waals surface area contributed by atoms with E-state index in [2.05, 4.69) is 0 Å². The van der Waals surface area contributed by atoms with Gasteiger partial charge in [0.05, 0.1) is 12.1 Å². The molecule has 1 aromatic carbocycles. The molecule has 0 spiro atoms. The van der Waals surface area contributed by atoms with E-state index in [-0.39, 0.29) is 6.04 Å². The summed E-state index contributed by atoms with van der Waals surface area (Å²) >= 11 is 0. The summed E-state index contributed by atoms with van der Waals surface area (Å²) in [7, 11) is 0. The van der Waals surface area contributed by atoms with E-state index < -0.39 is 37.3 Å². The molecule has 1 fully saturated rings. The second-order valence-electron chi connectivity index (χ2n) is 6.48. The molecule has 132 valence electrons. The second kappa shape index (κ2) is 6.79. The summed E-state index contributed by atoms with van der Waals surface area (Å²) < 4.78 is 7.40. The molecule has 0 radical (unpaired) electrons. The number of nitrogens with zero attached hydrogens (tertiary/aromatic N) is 1. The predicted octanol–water partition coefficient (Wildman–Crippen LogP) is -0.497. The lowest BCUT2D eigenvalue weighted by molar-refractivity contribution is -0.250. The van der Waals surface area contributed by atoms with Crippen LogP contribution in [0.5, 0.6) is 0 Å². The zero-order chi connectivity index (χ0) is 17.4. The molecule has 6 atom stereocenters. The van der Waals surface area contributed by atoms with Crippen LogP contribution in [0.1, 0.15) is 18.7 Å². The van der Waals surface area contributed by atoms with Crippen LogP contribution >= 0.6 is 0 Å². The number of aliphatic hydroxyl groups excluding tert-OH is 4. The van der Waals surface area contributed by atoms with E-state index in [1.165, 1.54) is 0 Å². The molecule has 1 saturated heterocycles. The summed E-state index contributed by atoms with van der Waals surface area (Å²) in [5, 5.41) is 40.7. The molecule has 2 heterocycles. The Hall–Kier alpha value is -1.48. The molecule has 7 nitrogen and oxygen atoms in total.